The first kappa shape index (κ1) is 12.2. The number of aromatic nitrogens is 2. The van der Waals surface area contributed by atoms with Crippen molar-refractivity contribution in [3.05, 3.63) is 71.9 Å². The molecular formula is C17H14N2O. The molecule has 3 rings (SSSR count). The van der Waals surface area contributed by atoms with Gasteiger partial charge in [-0.05, 0) is 29.8 Å². The van der Waals surface area contributed by atoms with Gasteiger partial charge in [0.15, 0.2) is 0 Å². The molecule has 0 aliphatic carbocycles. The second-order valence-electron chi connectivity index (χ2n) is 4.47. The molecule has 0 saturated carbocycles. The Bertz CT molecular complexity index is 730. The summed E-state index contributed by atoms with van der Waals surface area (Å²) in [4.78, 5) is 0. The van der Waals surface area contributed by atoms with Crippen LogP contribution < -0.4 is 0 Å². The van der Waals surface area contributed by atoms with E-state index in [9.17, 15) is 5.11 Å². The maximum Gasteiger partial charge on any atom is 0.125 e. The number of H-pyrrole nitrogens is 1. The van der Waals surface area contributed by atoms with E-state index in [0.717, 1.165) is 22.5 Å². The summed E-state index contributed by atoms with van der Waals surface area (Å²) in [6, 6.07) is 19.1. The molecule has 3 aromatic rings. The zero-order valence-corrected chi connectivity index (χ0v) is 10.8. The molecule has 98 valence electrons. The summed E-state index contributed by atoms with van der Waals surface area (Å²) in [6.45, 7) is 0. The SMILES string of the molecule is Oc1ccccc1-c1cc(/C=C/c2ccccc2)[nH]n1. The number of aromatic hydroxyl groups is 1. The average Bonchev–Trinajstić information content (AvgIpc) is 2.95. The molecule has 0 amide bonds. The van der Waals surface area contributed by atoms with Gasteiger partial charge in [-0.25, -0.2) is 0 Å². The van der Waals surface area contributed by atoms with E-state index in [2.05, 4.69) is 10.2 Å². The Morgan fingerprint density at radius 2 is 1.65 bits per heavy atom. The van der Waals surface area contributed by atoms with Crippen molar-refractivity contribution < 1.29 is 5.11 Å². The molecular weight excluding hydrogens is 248 g/mol. The van der Waals surface area contributed by atoms with E-state index in [1.807, 2.05) is 60.7 Å². The molecule has 0 unspecified atom stereocenters. The Labute approximate surface area is 117 Å². The number of benzene rings is 2. The predicted octanol–water partition coefficient (Wildman–Crippen LogP) is 3.95. The van der Waals surface area contributed by atoms with Crippen molar-refractivity contribution in [1.29, 1.82) is 0 Å². The lowest BCUT2D eigenvalue weighted by Gasteiger charge is -1.98. The van der Waals surface area contributed by atoms with E-state index in [-0.39, 0.29) is 5.75 Å². The molecule has 1 aromatic heterocycles. The minimum absolute atomic E-state index is 0.234. The van der Waals surface area contributed by atoms with Crippen LogP contribution >= 0.6 is 0 Å². The Kier molecular flexibility index (Phi) is 3.33. The van der Waals surface area contributed by atoms with Gasteiger partial charge < -0.3 is 5.11 Å². The van der Waals surface area contributed by atoms with Gasteiger partial charge in [0.2, 0.25) is 0 Å². The number of para-hydroxylation sites is 1. The number of nitrogens with one attached hydrogen (secondary N) is 1. The van der Waals surface area contributed by atoms with Crippen molar-refractivity contribution >= 4 is 12.2 Å². The Morgan fingerprint density at radius 1 is 0.900 bits per heavy atom. The summed E-state index contributed by atoms with van der Waals surface area (Å²) in [5.74, 6) is 0.234. The number of aromatic amines is 1. The van der Waals surface area contributed by atoms with Gasteiger partial charge in [-0.2, -0.15) is 5.10 Å². The maximum absolute atomic E-state index is 9.81. The normalized spacial score (nSPS) is 11.0. The van der Waals surface area contributed by atoms with Gasteiger partial charge in [0, 0.05) is 5.56 Å². The lowest BCUT2D eigenvalue weighted by Crippen LogP contribution is -1.78. The fourth-order valence-corrected chi connectivity index (χ4v) is 2.00. The summed E-state index contributed by atoms with van der Waals surface area (Å²) in [6.07, 6.45) is 3.98. The van der Waals surface area contributed by atoms with Crippen LogP contribution in [-0.2, 0) is 0 Å². The van der Waals surface area contributed by atoms with E-state index >= 15 is 0 Å². The highest BCUT2D eigenvalue weighted by molar-refractivity contribution is 5.72. The summed E-state index contributed by atoms with van der Waals surface area (Å²) in [7, 11) is 0. The number of hydrogen-bond donors (Lipinski definition) is 2. The highest BCUT2D eigenvalue weighted by Gasteiger charge is 2.06. The van der Waals surface area contributed by atoms with Crippen LogP contribution in [0.4, 0.5) is 0 Å². The van der Waals surface area contributed by atoms with Crippen LogP contribution in [0, 0.1) is 0 Å². The summed E-state index contributed by atoms with van der Waals surface area (Å²) >= 11 is 0. The topological polar surface area (TPSA) is 48.9 Å². The predicted molar refractivity (Wildman–Crippen MR) is 81.1 cm³/mol. The van der Waals surface area contributed by atoms with Gasteiger partial charge >= 0.3 is 0 Å². The van der Waals surface area contributed by atoms with Crippen LogP contribution in [0.2, 0.25) is 0 Å². The summed E-state index contributed by atoms with van der Waals surface area (Å²) in [5.41, 5.74) is 3.48. The number of rotatable bonds is 3. The van der Waals surface area contributed by atoms with E-state index in [1.165, 1.54) is 0 Å². The molecule has 3 heteroatoms. The molecule has 20 heavy (non-hydrogen) atoms. The molecule has 2 N–H and O–H groups in total. The third-order valence-corrected chi connectivity index (χ3v) is 3.03. The number of phenols is 1. The first-order valence-corrected chi connectivity index (χ1v) is 6.40. The fraction of sp³-hybridized carbons (Fsp3) is 0. The van der Waals surface area contributed by atoms with Gasteiger partial charge in [0.25, 0.3) is 0 Å². The van der Waals surface area contributed by atoms with Crippen LogP contribution in [0.25, 0.3) is 23.4 Å². The minimum Gasteiger partial charge on any atom is -0.507 e. The van der Waals surface area contributed by atoms with Crippen LogP contribution in [0.1, 0.15) is 11.3 Å². The van der Waals surface area contributed by atoms with Gasteiger partial charge in [-0.15, -0.1) is 0 Å². The van der Waals surface area contributed by atoms with Crippen molar-refractivity contribution in [3.8, 4) is 17.0 Å². The van der Waals surface area contributed by atoms with Crippen LogP contribution in [0.15, 0.2) is 60.7 Å². The molecule has 0 aliphatic rings. The monoisotopic (exact) mass is 262 g/mol. The van der Waals surface area contributed by atoms with Gasteiger partial charge in [-0.1, -0.05) is 48.5 Å². The third-order valence-electron chi connectivity index (χ3n) is 3.03. The minimum atomic E-state index is 0.234. The molecule has 0 radical (unpaired) electrons. The molecule has 0 atom stereocenters. The molecule has 1 heterocycles. The molecule has 0 aliphatic heterocycles. The Morgan fingerprint density at radius 3 is 2.45 bits per heavy atom. The van der Waals surface area contributed by atoms with Gasteiger partial charge in [0.05, 0.1) is 11.4 Å². The largest absolute Gasteiger partial charge is 0.507 e. The summed E-state index contributed by atoms with van der Waals surface area (Å²) in [5, 5.41) is 17.0. The third kappa shape index (κ3) is 2.62. The molecule has 0 saturated heterocycles. The maximum atomic E-state index is 9.81. The molecule has 0 fully saturated rings. The average molecular weight is 262 g/mol. The first-order chi connectivity index (χ1) is 9.83. The second-order valence-corrected chi connectivity index (χ2v) is 4.47. The highest BCUT2D eigenvalue weighted by Crippen LogP contribution is 2.27. The first-order valence-electron chi connectivity index (χ1n) is 6.40. The van der Waals surface area contributed by atoms with Crippen molar-refractivity contribution in [1.82, 2.24) is 10.2 Å². The standard InChI is InChI=1S/C17H14N2O/c20-17-9-5-4-8-15(17)16-12-14(18-19-16)11-10-13-6-2-1-3-7-13/h1-12,20H,(H,18,19)/b11-10+. The molecule has 2 aromatic carbocycles. The van der Waals surface area contributed by atoms with Crippen molar-refractivity contribution in [2.24, 2.45) is 0 Å². The van der Waals surface area contributed by atoms with Gasteiger partial charge in [0.1, 0.15) is 5.75 Å². The fourth-order valence-electron chi connectivity index (χ4n) is 2.00. The van der Waals surface area contributed by atoms with E-state index < -0.39 is 0 Å². The quantitative estimate of drug-likeness (QED) is 0.750. The van der Waals surface area contributed by atoms with E-state index in [1.54, 1.807) is 12.1 Å². The summed E-state index contributed by atoms with van der Waals surface area (Å²) < 4.78 is 0. The highest BCUT2D eigenvalue weighted by atomic mass is 16.3. The van der Waals surface area contributed by atoms with Crippen LogP contribution in [-0.4, -0.2) is 15.3 Å². The van der Waals surface area contributed by atoms with Crippen LogP contribution in [0.3, 0.4) is 0 Å². The van der Waals surface area contributed by atoms with Crippen LogP contribution in [0.5, 0.6) is 5.75 Å². The van der Waals surface area contributed by atoms with Crippen molar-refractivity contribution in [3.63, 3.8) is 0 Å². The number of nitrogens with zero attached hydrogens (tertiary/aromatic N) is 1. The lowest BCUT2D eigenvalue weighted by molar-refractivity contribution is 0.477. The van der Waals surface area contributed by atoms with Crippen molar-refractivity contribution in [2.45, 2.75) is 0 Å². The zero-order valence-electron chi connectivity index (χ0n) is 10.8. The zero-order chi connectivity index (χ0) is 13.8. The lowest BCUT2D eigenvalue weighted by atomic mass is 10.1. The smallest absolute Gasteiger partial charge is 0.125 e. The number of phenolic OH excluding ortho intramolecular Hbond substituents is 1. The van der Waals surface area contributed by atoms with Gasteiger partial charge in [-0.3, -0.25) is 5.10 Å². The molecule has 3 nitrogen and oxygen atoms in total. The molecule has 0 spiro atoms. The van der Waals surface area contributed by atoms with Crippen molar-refractivity contribution in [2.75, 3.05) is 0 Å². The second kappa shape index (κ2) is 5.45. The Balaban J connectivity index is 1.85. The number of hydrogen-bond acceptors (Lipinski definition) is 2. The van der Waals surface area contributed by atoms with E-state index in [0.29, 0.717) is 0 Å². The van der Waals surface area contributed by atoms with E-state index in [4.69, 9.17) is 0 Å². The molecule has 0 bridgehead atoms. The Hall–Kier alpha value is -2.81.